The molecule has 2 aromatic heterocycles. The number of carbonyl (C=O) groups is 1. The van der Waals surface area contributed by atoms with Crippen molar-refractivity contribution in [1.29, 1.82) is 0 Å². The molecule has 7 heteroatoms. The van der Waals surface area contributed by atoms with Crippen molar-refractivity contribution >= 4 is 5.91 Å². The first-order chi connectivity index (χ1) is 11.5. The topological polar surface area (TPSA) is 54.5 Å². The number of likely N-dealkylation sites (N-methyl/N-ethyl adjacent to an activating group) is 1. The largest absolute Gasteiger partial charge is 0.472 e. The first-order valence-corrected chi connectivity index (χ1v) is 8.12. The Hall–Kier alpha value is -2.15. The monoisotopic (exact) mass is 334 g/mol. The molecule has 0 bridgehead atoms. The molecule has 0 radical (unpaired) electrons. The van der Waals surface area contributed by atoms with E-state index < -0.39 is 6.17 Å². The van der Waals surface area contributed by atoms with Gasteiger partial charge in [0, 0.05) is 45.6 Å². The van der Waals surface area contributed by atoms with Gasteiger partial charge in [0.05, 0.1) is 25.5 Å². The number of imidazole rings is 1. The van der Waals surface area contributed by atoms with E-state index in [2.05, 4.69) is 9.88 Å². The van der Waals surface area contributed by atoms with Crippen LogP contribution in [0.2, 0.25) is 0 Å². The Bertz CT molecular complexity index is 670. The maximum atomic E-state index is 13.9. The number of rotatable bonds is 6. The second-order valence-corrected chi connectivity index (χ2v) is 6.45. The standard InChI is InChI=1S/C17H23FN4O2/c1-20-5-4-19-16(20)11-22-9-14(18)8-15(22)10-21(2)17(23)7-13-3-6-24-12-13/h3-6,12,14-15H,7-11H2,1-2H3/t14-,15-/m0/s1. The summed E-state index contributed by atoms with van der Waals surface area (Å²) in [5, 5.41) is 0. The second kappa shape index (κ2) is 7.17. The fraction of sp³-hybridized carbons (Fsp3) is 0.529. The number of nitrogens with zero attached hydrogens (tertiary/aromatic N) is 4. The Balaban J connectivity index is 1.59. The van der Waals surface area contributed by atoms with Crippen molar-refractivity contribution in [2.75, 3.05) is 20.1 Å². The van der Waals surface area contributed by atoms with Crippen molar-refractivity contribution < 1.29 is 13.6 Å². The summed E-state index contributed by atoms with van der Waals surface area (Å²) >= 11 is 0. The van der Waals surface area contributed by atoms with Crippen LogP contribution < -0.4 is 0 Å². The normalized spacial score (nSPS) is 21.3. The van der Waals surface area contributed by atoms with Gasteiger partial charge < -0.3 is 13.9 Å². The Morgan fingerprint density at radius 3 is 3.04 bits per heavy atom. The number of furan rings is 1. The predicted octanol–water partition coefficient (Wildman–Crippen LogP) is 1.63. The van der Waals surface area contributed by atoms with Crippen LogP contribution in [0, 0.1) is 0 Å². The molecule has 0 aliphatic carbocycles. The van der Waals surface area contributed by atoms with Crippen LogP contribution in [0.4, 0.5) is 4.39 Å². The number of halogens is 1. The predicted molar refractivity (Wildman–Crippen MR) is 87.0 cm³/mol. The van der Waals surface area contributed by atoms with Crippen molar-refractivity contribution in [3.05, 3.63) is 42.4 Å². The fourth-order valence-electron chi connectivity index (χ4n) is 3.16. The van der Waals surface area contributed by atoms with Gasteiger partial charge in [-0.05, 0) is 18.1 Å². The van der Waals surface area contributed by atoms with Crippen molar-refractivity contribution in [3.8, 4) is 0 Å². The zero-order valence-electron chi connectivity index (χ0n) is 14.1. The number of hydrogen-bond donors (Lipinski definition) is 0. The average molecular weight is 334 g/mol. The minimum absolute atomic E-state index is 0.00926. The van der Waals surface area contributed by atoms with E-state index in [4.69, 9.17) is 4.42 Å². The Labute approximate surface area is 140 Å². The van der Waals surface area contributed by atoms with Gasteiger partial charge in [-0.1, -0.05) is 0 Å². The van der Waals surface area contributed by atoms with Gasteiger partial charge in [-0.3, -0.25) is 9.69 Å². The number of alkyl halides is 1. The summed E-state index contributed by atoms with van der Waals surface area (Å²) in [7, 11) is 3.70. The van der Waals surface area contributed by atoms with Gasteiger partial charge in [-0.25, -0.2) is 9.37 Å². The van der Waals surface area contributed by atoms with Crippen LogP contribution in [-0.4, -0.2) is 57.6 Å². The molecule has 0 aromatic carbocycles. The van der Waals surface area contributed by atoms with Crippen LogP contribution in [0.1, 0.15) is 17.8 Å². The first-order valence-electron chi connectivity index (χ1n) is 8.12. The van der Waals surface area contributed by atoms with E-state index in [0.717, 1.165) is 11.4 Å². The first kappa shape index (κ1) is 16.7. The van der Waals surface area contributed by atoms with E-state index in [0.29, 0.717) is 32.5 Å². The van der Waals surface area contributed by atoms with Gasteiger partial charge in [0.1, 0.15) is 12.0 Å². The number of carbonyl (C=O) groups excluding carboxylic acids is 1. The van der Waals surface area contributed by atoms with Crippen LogP contribution in [0.5, 0.6) is 0 Å². The van der Waals surface area contributed by atoms with E-state index >= 15 is 0 Å². The molecule has 1 fully saturated rings. The average Bonchev–Trinajstić information content (AvgIpc) is 3.24. The molecule has 1 saturated heterocycles. The van der Waals surface area contributed by atoms with E-state index in [9.17, 15) is 9.18 Å². The SMILES string of the molecule is CN(C[C@@H]1C[C@H](F)CN1Cc1nccn1C)C(=O)Cc1ccoc1. The van der Waals surface area contributed by atoms with Crippen LogP contribution in [0.3, 0.4) is 0 Å². The summed E-state index contributed by atoms with van der Waals surface area (Å²) in [6.45, 7) is 1.50. The lowest BCUT2D eigenvalue weighted by atomic mass is 10.1. The molecule has 0 spiro atoms. The quantitative estimate of drug-likeness (QED) is 0.806. The summed E-state index contributed by atoms with van der Waals surface area (Å²) in [6, 6.07) is 1.79. The fourth-order valence-corrected chi connectivity index (χ4v) is 3.16. The van der Waals surface area contributed by atoms with Gasteiger partial charge in [0.25, 0.3) is 0 Å². The molecule has 2 aromatic rings. The van der Waals surface area contributed by atoms with Gasteiger partial charge in [0.15, 0.2) is 0 Å². The molecule has 130 valence electrons. The lowest BCUT2D eigenvalue weighted by Crippen LogP contribution is -2.41. The van der Waals surface area contributed by atoms with E-state index in [1.165, 1.54) is 0 Å². The molecule has 2 atom stereocenters. The van der Waals surface area contributed by atoms with Gasteiger partial charge in [-0.2, -0.15) is 0 Å². The molecule has 0 saturated carbocycles. The van der Waals surface area contributed by atoms with Crippen LogP contribution in [0.25, 0.3) is 0 Å². The van der Waals surface area contributed by atoms with E-state index in [1.807, 2.05) is 17.8 Å². The molecule has 1 amide bonds. The van der Waals surface area contributed by atoms with Crippen molar-refractivity contribution in [1.82, 2.24) is 19.4 Å². The molecular formula is C17H23FN4O2. The highest BCUT2D eigenvalue weighted by atomic mass is 19.1. The third-order valence-electron chi connectivity index (χ3n) is 4.59. The van der Waals surface area contributed by atoms with Gasteiger partial charge in [0.2, 0.25) is 5.91 Å². The molecule has 24 heavy (non-hydrogen) atoms. The molecule has 0 unspecified atom stereocenters. The Morgan fingerprint density at radius 1 is 1.54 bits per heavy atom. The van der Waals surface area contributed by atoms with Gasteiger partial charge in [-0.15, -0.1) is 0 Å². The van der Waals surface area contributed by atoms with Crippen LogP contribution in [0.15, 0.2) is 35.4 Å². The van der Waals surface area contributed by atoms with Gasteiger partial charge >= 0.3 is 0 Å². The summed E-state index contributed by atoms with van der Waals surface area (Å²) in [5.74, 6) is 0.914. The molecule has 1 aliphatic rings. The smallest absolute Gasteiger partial charge is 0.226 e. The lowest BCUT2D eigenvalue weighted by Gasteiger charge is -2.28. The summed E-state index contributed by atoms with van der Waals surface area (Å²) in [5.41, 5.74) is 0.853. The van der Waals surface area contributed by atoms with Crippen molar-refractivity contribution in [2.45, 2.75) is 31.6 Å². The molecular weight excluding hydrogens is 311 g/mol. The lowest BCUT2D eigenvalue weighted by molar-refractivity contribution is -0.129. The molecule has 3 heterocycles. The number of hydrogen-bond acceptors (Lipinski definition) is 4. The molecule has 6 nitrogen and oxygen atoms in total. The number of aromatic nitrogens is 2. The van der Waals surface area contributed by atoms with E-state index in [1.54, 1.807) is 36.7 Å². The van der Waals surface area contributed by atoms with Crippen LogP contribution >= 0.6 is 0 Å². The molecule has 3 rings (SSSR count). The third kappa shape index (κ3) is 3.84. The molecule has 1 aliphatic heterocycles. The van der Waals surface area contributed by atoms with E-state index in [-0.39, 0.29) is 11.9 Å². The maximum Gasteiger partial charge on any atom is 0.226 e. The number of likely N-dealkylation sites (tertiary alicyclic amines) is 1. The maximum absolute atomic E-state index is 13.9. The number of aryl methyl sites for hydroxylation is 1. The highest BCUT2D eigenvalue weighted by Crippen LogP contribution is 2.23. The molecule has 0 N–H and O–H groups in total. The Morgan fingerprint density at radius 2 is 2.38 bits per heavy atom. The van der Waals surface area contributed by atoms with Crippen LogP contribution in [-0.2, 0) is 24.8 Å². The second-order valence-electron chi connectivity index (χ2n) is 6.45. The Kier molecular flexibility index (Phi) is 4.99. The van der Waals surface area contributed by atoms with Crippen molar-refractivity contribution in [2.24, 2.45) is 7.05 Å². The van der Waals surface area contributed by atoms with Crippen molar-refractivity contribution in [3.63, 3.8) is 0 Å². The minimum atomic E-state index is -0.854. The summed E-state index contributed by atoms with van der Waals surface area (Å²) in [6.07, 6.45) is 6.66. The third-order valence-corrected chi connectivity index (χ3v) is 4.59. The highest BCUT2D eigenvalue weighted by molar-refractivity contribution is 5.78. The summed E-state index contributed by atoms with van der Waals surface area (Å²) < 4.78 is 20.9. The number of amides is 1. The zero-order chi connectivity index (χ0) is 17.1. The minimum Gasteiger partial charge on any atom is -0.472 e. The highest BCUT2D eigenvalue weighted by Gasteiger charge is 2.34. The summed E-state index contributed by atoms with van der Waals surface area (Å²) in [4.78, 5) is 20.4. The zero-order valence-corrected chi connectivity index (χ0v) is 14.1.